The van der Waals surface area contributed by atoms with Gasteiger partial charge in [-0.1, -0.05) is 13.0 Å². The van der Waals surface area contributed by atoms with Crippen LogP contribution in [0, 0.1) is 5.92 Å². The van der Waals surface area contributed by atoms with Crippen LogP contribution in [0.15, 0.2) is 12.1 Å². The van der Waals surface area contributed by atoms with E-state index in [0.717, 1.165) is 25.0 Å². The fraction of sp³-hybridized carbons (Fsp3) is 0.700. The van der Waals surface area contributed by atoms with E-state index >= 15 is 0 Å². The quantitative estimate of drug-likeness (QED) is 0.773. The van der Waals surface area contributed by atoms with Gasteiger partial charge in [0.1, 0.15) is 5.75 Å². The maximum atomic E-state index is 5.80. The molecule has 0 amide bonds. The molecule has 120 valence electrons. The number of likely N-dealkylation sites (tertiary alicyclic amines) is 1. The Hall–Kier alpha value is -1.02. The first-order chi connectivity index (χ1) is 10.8. The number of piperidine rings is 1. The molecule has 3 aliphatic rings. The van der Waals surface area contributed by atoms with Gasteiger partial charge in [0.2, 0.25) is 0 Å². The number of likely N-dealkylation sites (N-methyl/N-ethyl adjacent to an activating group) is 1. The predicted molar refractivity (Wildman–Crippen MR) is 90.4 cm³/mol. The van der Waals surface area contributed by atoms with Gasteiger partial charge in [-0.15, -0.1) is 0 Å². The number of quaternary nitrogens is 1. The van der Waals surface area contributed by atoms with Crippen molar-refractivity contribution in [3.8, 4) is 5.75 Å². The van der Waals surface area contributed by atoms with E-state index in [9.17, 15) is 0 Å². The maximum Gasteiger partial charge on any atom is 0.122 e. The lowest BCUT2D eigenvalue weighted by atomic mass is 9.72. The van der Waals surface area contributed by atoms with Gasteiger partial charge in [-0.25, -0.2) is 0 Å². The van der Waals surface area contributed by atoms with Crippen molar-refractivity contribution in [2.24, 2.45) is 5.92 Å². The van der Waals surface area contributed by atoms with Gasteiger partial charge in [-0.05, 0) is 49.8 Å². The number of fused-ring (bicyclic) bond motifs is 4. The van der Waals surface area contributed by atoms with E-state index in [-0.39, 0.29) is 0 Å². The molecule has 0 aromatic heterocycles. The summed E-state index contributed by atoms with van der Waals surface area (Å²) in [6.45, 7) is 9.78. The molecule has 0 N–H and O–H groups in total. The molecule has 2 nitrogen and oxygen atoms in total. The van der Waals surface area contributed by atoms with Gasteiger partial charge in [0.25, 0.3) is 0 Å². The van der Waals surface area contributed by atoms with Crippen LogP contribution in [0.4, 0.5) is 0 Å². The van der Waals surface area contributed by atoms with Crippen molar-refractivity contribution < 1.29 is 9.22 Å². The second-order valence-corrected chi connectivity index (χ2v) is 7.64. The van der Waals surface area contributed by atoms with Crippen molar-refractivity contribution in [1.29, 1.82) is 0 Å². The summed E-state index contributed by atoms with van der Waals surface area (Å²) in [4.78, 5) is 0. The molecule has 2 heteroatoms. The summed E-state index contributed by atoms with van der Waals surface area (Å²) < 4.78 is 7.18. The SMILES string of the molecule is CCC[N+]1(CC)CCCC2Cc3c(ccc4c3CCO4)CC21. The Morgan fingerprint density at radius 3 is 2.91 bits per heavy atom. The molecule has 1 fully saturated rings. The lowest BCUT2D eigenvalue weighted by Crippen LogP contribution is -2.63. The van der Waals surface area contributed by atoms with Crippen LogP contribution in [0.1, 0.15) is 49.8 Å². The average Bonchev–Trinajstić information content (AvgIpc) is 3.03. The Morgan fingerprint density at radius 2 is 2.09 bits per heavy atom. The van der Waals surface area contributed by atoms with Gasteiger partial charge in [-0.2, -0.15) is 0 Å². The summed E-state index contributed by atoms with van der Waals surface area (Å²) in [5.41, 5.74) is 4.86. The van der Waals surface area contributed by atoms with Gasteiger partial charge >= 0.3 is 0 Å². The van der Waals surface area contributed by atoms with Crippen LogP contribution in [0.25, 0.3) is 0 Å². The van der Waals surface area contributed by atoms with E-state index in [1.807, 2.05) is 0 Å². The lowest BCUT2D eigenvalue weighted by Gasteiger charge is -2.53. The van der Waals surface area contributed by atoms with Crippen LogP contribution in [0.2, 0.25) is 0 Å². The molecule has 4 rings (SSSR count). The summed E-state index contributed by atoms with van der Waals surface area (Å²) in [7, 11) is 0. The molecule has 0 bridgehead atoms. The molecule has 3 unspecified atom stereocenters. The second-order valence-electron chi connectivity index (χ2n) is 7.64. The zero-order valence-electron chi connectivity index (χ0n) is 14.2. The minimum Gasteiger partial charge on any atom is -0.493 e. The first-order valence-electron chi connectivity index (χ1n) is 9.39. The van der Waals surface area contributed by atoms with Crippen LogP contribution < -0.4 is 4.74 Å². The molecule has 3 atom stereocenters. The van der Waals surface area contributed by atoms with E-state index in [2.05, 4.69) is 26.0 Å². The van der Waals surface area contributed by atoms with Crippen LogP contribution >= 0.6 is 0 Å². The van der Waals surface area contributed by atoms with Gasteiger partial charge < -0.3 is 9.22 Å². The summed E-state index contributed by atoms with van der Waals surface area (Å²) in [5.74, 6) is 2.08. The molecule has 0 saturated carbocycles. The van der Waals surface area contributed by atoms with E-state index in [1.54, 1.807) is 16.7 Å². The molecule has 22 heavy (non-hydrogen) atoms. The molecule has 2 aliphatic heterocycles. The highest BCUT2D eigenvalue weighted by Gasteiger charge is 2.46. The molecule has 1 aromatic rings. The number of hydrogen-bond acceptors (Lipinski definition) is 1. The molecule has 2 heterocycles. The van der Waals surface area contributed by atoms with Gasteiger partial charge in [0.15, 0.2) is 0 Å². The number of ether oxygens (including phenoxy) is 1. The predicted octanol–water partition coefficient (Wildman–Crippen LogP) is 3.75. The second kappa shape index (κ2) is 5.56. The number of nitrogens with zero attached hydrogens (tertiary/aromatic N) is 1. The Kier molecular flexibility index (Phi) is 3.68. The largest absolute Gasteiger partial charge is 0.493 e. The fourth-order valence-electron chi connectivity index (χ4n) is 5.67. The monoisotopic (exact) mass is 300 g/mol. The lowest BCUT2D eigenvalue weighted by molar-refractivity contribution is -0.958. The topological polar surface area (TPSA) is 9.23 Å². The van der Waals surface area contributed by atoms with Crippen molar-refractivity contribution in [2.45, 2.75) is 58.4 Å². The smallest absolute Gasteiger partial charge is 0.122 e. The minimum atomic E-state index is 0.867. The Bertz CT molecular complexity index is 563. The highest BCUT2D eigenvalue weighted by Crippen LogP contribution is 2.43. The molecular formula is C20H30NO+. The number of hydrogen-bond donors (Lipinski definition) is 0. The van der Waals surface area contributed by atoms with Crippen molar-refractivity contribution >= 4 is 0 Å². The molecule has 0 spiro atoms. The Labute approximate surface area is 135 Å². The maximum absolute atomic E-state index is 5.80. The standard InChI is InChI=1S/C20H30NO/c1-3-10-21(4-2)11-5-6-16-13-18-15(14-19(16)21)7-8-20-17(18)9-12-22-20/h7-8,16,19H,3-6,9-14H2,1-2H3/q+1. The zero-order chi connectivity index (χ0) is 15.2. The normalized spacial score (nSPS) is 32.8. The van der Waals surface area contributed by atoms with Crippen LogP contribution in [-0.2, 0) is 19.3 Å². The molecule has 1 aromatic carbocycles. The number of benzene rings is 1. The van der Waals surface area contributed by atoms with Crippen LogP contribution in [-0.4, -0.2) is 36.8 Å². The van der Waals surface area contributed by atoms with E-state index < -0.39 is 0 Å². The summed E-state index contributed by atoms with van der Waals surface area (Å²) in [6, 6.07) is 5.48. The highest BCUT2D eigenvalue weighted by molar-refractivity contribution is 5.48. The van der Waals surface area contributed by atoms with Crippen molar-refractivity contribution in [2.75, 3.05) is 26.2 Å². The third kappa shape index (κ3) is 2.11. The fourth-order valence-corrected chi connectivity index (χ4v) is 5.67. The van der Waals surface area contributed by atoms with Gasteiger partial charge in [0.05, 0.1) is 32.3 Å². The van der Waals surface area contributed by atoms with Gasteiger partial charge in [-0.3, -0.25) is 0 Å². The zero-order valence-corrected chi connectivity index (χ0v) is 14.2. The molecule has 1 saturated heterocycles. The van der Waals surface area contributed by atoms with Crippen LogP contribution in [0.5, 0.6) is 5.75 Å². The van der Waals surface area contributed by atoms with Crippen molar-refractivity contribution in [1.82, 2.24) is 0 Å². The molecule has 1 aliphatic carbocycles. The van der Waals surface area contributed by atoms with Crippen molar-refractivity contribution in [3.05, 3.63) is 28.8 Å². The average molecular weight is 300 g/mol. The first kappa shape index (κ1) is 14.6. The van der Waals surface area contributed by atoms with E-state index in [0.29, 0.717) is 0 Å². The third-order valence-electron chi connectivity index (χ3n) is 6.71. The highest BCUT2D eigenvalue weighted by atomic mass is 16.5. The van der Waals surface area contributed by atoms with E-state index in [4.69, 9.17) is 4.74 Å². The van der Waals surface area contributed by atoms with Crippen LogP contribution in [0.3, 0.4) is 0 Å². The third-order valence-corrected chi connectivity index (χ3v) is 6.71. The van der Waals surface area contributed by atoms with E-state index in [1.165, 1.54) is 62.0 Å². The minimum absolute atomic E-state index is 0.867. The molecule has 0 radical (unpaired) electrons. The van der Waals surface area contributed by atoms with Crippen molar-refractivity contribution in [3.63, 3.8) is 0 Å². The summed E-state index contributed by atoms with van der Waals surface area (Å²) >= 11 is 0. The summed E-state index contributed by atoms with van der Waals surface area (Å²) in [5, 5.41) is 0. The number of rotatable bonds is 3. The molecular weight excluding hydrogens is 270 g/mol. The Balaban J connectivity index is 1.71. The van der Waals surface area contributed by atoms with Gasteiger partial charge in [0, 0.05) is 24.3 Å². The summed E-state index contributed by atoms with van der Waals surface area (Å²) in [6.07, 6.45) is 7.95. The first-order valence-corrected chi connectivity index (χ1v) is 9.39. The Morgan fingerprint density at radius 1 is 1.18 bits per heavy atom.